The number of rotatable bonds is 6. The highest BCUT2D eigenvalue weighted by atomic mass is 32.2. The molecule has 0 rings (SSSR count). The molecule has 0 radical (unpaired) electrons. The van der Waals surface area contributed by atoms with Crippen LogP contribution < -0.4 is 11.1 Å². The summed E-state index contributed by atoms with van der Waals surface area (Å²) in [5.41, 5.74) is 5.40. The molecule has 8 heteroatoms. The van der Waals surface area contributed by atoms with Gasteiger partial charge in [-0.15, -0.1) is 0 Å². The summed E-state index contributed by atoms with van der Waals surface area (Å²) in [5, 5.41) is 10.7. The molecule has 16 heavy (non-hydrogen) atoms. The van der Waals surface area contributed by atoms with Gasteiger partial charge < -0.3 is 16.2 Å². The van der Waals surface area contributed by atoms with E-state index in [9.17, 15) is 18.0 Å². The SMILES string of the molecule is C[C@@H](NC(=O)C(N)CCS(C)(=O)=O)C(=O)O. The predicted molar refractivity (Wildman–Crippen MR) is 57.5 cm³/mol. The summed E-state index contributed by atoms with van der Waals surface area (Å²) in [6.07, 6.45) is 1.01. The van der Waals surface area contributed by atoms with Crippen molar-refractivity contribution in [3.63, 3.8) is 0 Å². The Morgan fingerprint density at radius 3 is 2.31 bits per heavy atom. The third-order valence-corrected chi connectivity index (χ3v) is 2.84. The molecule has 1 amide bonds. The molecule has 2 atom stereocenters. The van der Waals surface area contributed by atoms with Crippen LogP contribution in [0.4, 0.5) is 0 Å². The maximum absolute atomic E-state index is 11.3. The van der Waals surface area contributed by atoms with Gasteiger partial charge in [0.05, 0.1) is 11.8 Å². The van der Waals surface area contributed by atoms with Crippen molar-refractivity contribution in [2.45, 2.75) is 25.4 Å². The molecule has 0 fully saturated rings. The molecule has 7 nitrogen and oxygen atoms in total. The van der Waals surface area contributed by atoms with Crippen LogP contribution in [0.1, 0.15) is 13.3 Å². The van der Waals surface area contributed by atoms with Crippen LogP contribution in [0.2, 0.25) is 0 Å². The molecular weight excluding hydrogens is 236 g/mol. The molecule has 0 heterocycles. The van der Waals surface area contributed by atoms with Crippen molar-refractivity contribution in [1.29, 1.82) is 0 Å². The third-order valence-electron chi connectivity index (χ3n) is 1.87. The second-order valence-electron chi connectivity index (χ2n) is 3.59. The second kappa shape index (κ2) is 5.80. The summed E-state index contributed by atoms with van der Waals surface area (Å²) in [6.45, 7) is 1.30. The summed E-state index contributed by atoms with van der Waals surface area (Å²) < 4.78 is 21.6. The molecule has 0 aromatic rings. The van der Waals surface area contributed by atoms with Gasteiger partial charge in [0, 0.05) is 6.26 Å². The van der Waals surface area contributed by atoms with Crippen LogP contribution in [0.5, 0.6) is 0 Å². The van der Waals surface area contributed by atoms with E-state index in [1.165, 1.54) is 6.92 Å². The van der Waals surface area contributed by atoms with Crippen LogP contribution in [0.15, 0.2) is 0 Å². The Hall–Kier alpha value is -1.15. The molecule has 1 unspecified atom stereocenters. The van der Waals surface area contributed by atoms with Gasteiger partial charge in [0.2, 0.25) is 5.91 Å². The highest BCUT2D eigenvalue weighted by Crippen LogP contribution is 1.95. The number of carbonyl (C=O) groups excluding carboxylic acids is 1. The summed E-state index contributed by atoms with van der Waals surface area (Å²) >= 11 is 0. The van der Waals surface area contributed by atoms with E-state index >= 15 is 0 Å². The van der Waals surface area contributed by atoms with E-state index < -0.39 is 33.8 Å². The first-order valence-corrected chi connectivity index (χ1v) is 6.66. The van der Waals surface area contributed by atoms with Crippen molar-refractivity contribution in [2.75, 3.05) is 12.0 Å². The number of carbonyl (C=O) groups is 2. The van der Waals surface area contributed by atoms with E-state index in [0.29, 0.717) is 0 Å². The van der Waals surface area contributed by atoms with Crippen molar-refractivity contribution in [2.24, 2.45) is 5.73 Å². The number of nitrogens with two attached hydrogens (primary N) is 1. The van der Waals surface area contributed by atoms with E-state index in [-0.39, 0.29) is 12.2 Å². The Balaban J connectivity index is 4.15. The number of carboxylic acids is 1. The lowest BCUT2D eigenvalue weighted by atomic mass is 10.2. The first kappa shape index (κ1) is 14.8. The van der Waals surface area contributed by atoms with Crippen LogP contribution in [0.25, 0.3) is 0 Å². The number of nitrogens with one attached hydrogen (secondary N) is 1. The average molecular weight is 252 g/mol. The number of amides is 1. The third kappa shape index (κ3) is 6.36. The van der Waals surface area contributed by atoms with Crippen LogP contribution in [-0.2, 0) is 19.4 Å². The van der Waals surface area contributed by atoms with E-state index in [1.807, 2.05) is 0 Å². The number of hydrogen-bond acceptors (Lipinski definition) is 5. The highest BCUT2D eigenvalue weighted by Gasteiger charge is 2.20. The fourth-order valence-corrected chi connectivity index (χ4v) is 1.54. The Morgan fingerprint density at radius 2 is 1.94 bits per heavy atom. The Morgan fingerprint density at radius 1 is 1.44 bits per heavy atom. The first-order chi connectivity index (χ1) is 7.13. The molecule has 0 spiro atoms. The van der Waals surface area contributed by atoms with Gasteiger partial charge in [-0.05, 0) is 13.3 Å². The minimum absolute atomic E-state index is 0.0307. The van der Waals surface area contributed by atoms with Crippen molar-refractivity contribution >= 4 is 21.7 Å². The van der Waals surface area contributed by atoms with E-state index in [2.05, 4.69) is 5.32 Å². The average Bonchev–Trinajstić information content (AvgIpc) is 2.12. The predicted octanol–water partition coefficient (Wildman–Crippen LogP) is -1.66. The zero-order valence-electron chi connectivity index (χ0n) is 9.13. The van der Waals surface area contributed by atoms with Gasteiger partial charge in [0.25, 0.3) is 0 Å². The molecule has 0 aromatic heterocycles. The summed E-state index contributed by atoms with van der Waals surface area (Å²) in [4.78, 5) is 21.7. The molecule has 0 saturated heterocycles. The van der Waals surface area contributed by atoms with Crippen LogP contribution in [0, 0.1) is 0 Å². The lowest BCUT2D eigenvalue weighted by Gasteiger charge is -2.14. The van der Waals surface area contributed by atoms with Crippen molar-refractivity contribution in [3.05, 3.63) is 0 Å². The van der Waals surface area contributed by atoms with Crippen molar-refractivity contribution in [3.8, 4) is 0 Å². The maximum Gasteiger partial charge on any atom is 0.325 e. The summed E-state index contributed by atoms with van der Waals surface area (Å²) in [6, 6.07) is -2.06. The van der Waals surface area contributed by atoms with Crippen LogP contribution >= 0.6 is 0 Å². The number of sulfone groups is 1. The minimum atomic E-state index is -3.17. The normalized spacial score (nSPS) is 15.2. The zero-order valence-corrected chi connectivity index (χ0v) is 9.95. The number of aliphatic carboxylic acids is 1. The molecule has 0 aromatic carbocycles. The smallest absolute Gasteiger partial charge is 0.325 e. The highest BCUT2D eigenvalue weighted by molar-refractivity contribution is 7.90. The molecule has 0 aliphatic heterocycles. The molecule has 0 bridgehead atoms. The molecule has 4 N–H and O–H groups in total. The molecule has 0 aliphatic rings. The van der Waals surface area contributed by atoms with E-state index in [0.717, 1.165) is 6.26 Å². The molecule has 0 aliphatic carbocycles. The summed E-state index contributed by atoms with van der Waals surface area (Å²) in [7, 11) is -3.17. The Labute approximate surface area is 93.9 Å². The quantitative estimate of drug-likeness (QED) is 0.519. The summed E-state index contributed by atoms with van der Waals surface area (Å²) in [5.74, 6) is -2.05. The standard InChI is InChI=1S/C8H16N2O5S/c1-5(8(12)13)10-7(11)6(9)3-4-16(2,14)15/h5-6H,3-4,9H2,1-2H3,(H,10,11)(H,12,13)/t5-,6?/m1/s1. The van der Waals surface area contributed by atoms with Gasteiger partial charge in [-0.3, -0.25) is 9.59 Å². The first-order valence-electron chi connectivity index (χ1n) is 4.60. The monoisotopic (exact) mass is 252 g/mol. The lowest BCUT2D eigenvalue weighted by molar-refractivity contribution is -0.141. The van der Waals surface area contributed by atoms with Gasteiger partial charge in [0.15, 0.2) is 0 Å². The largest absolute Gasteiger partial charge is 0.480 e. The molecular formula is C8H16N2O5S. The van der Waals surface area contributed by atoms with Crippen LogP contribution in [0.3, 0.4) is 0 Å². The van der Waals surface area contributed by atoms with Crippen LogP contribution in [-0.4, -0.2) is 49.5 Å². The minimum Gasteiger partial charge on any atom is -0.480 e. The lowest BCUT2D eigenvalue weighted by Crippen LogP contribution is -2.47. The topological polar surface area (TPSA) is 127 Å². The van der Waals surface area contributed by atoms with Gasteiger partial charge in [-0.2, -0.15) is 0 Å². The number of hydrogen-bond donors (Lipinski definition) is 3. The van der Waals surface area contributed by atoms with Crippen molar-refractivity contribution in [1.82, 2.24) is 5.32 Å². The van der Waals surface area contributed by atoms with Crippen molar-refractivity contribution < 1.29 is 23.1 Å². The zero-order chi connectivity index (χ0) is 12.9. The van der Waals surface area contributed by atoms with Gasteiger partial charge >= 0.3 is 5.97 Å². The van der Waals surface area contributed by atoms with E-state index in [4.69, 9.17) is 10.8 Å². The Bertz CT molecular complexity index is 365. The molecule has 94 valence electrons. The Kier molecular flexibility index (Phi) is 5.39. The second-order valence-corrected chi connectivity index (χ2v) is 5.85. The maximum atomic E-state index is 11.3. The fraction of sp³-hybridized carbons (Fsp3) is 0.750. The number of carboxylic acid groups (broad SMARTS) is 1. The molecule has 0 saturated carbocycles. The van der Waals surface area contributed by atoms with Gasteiger partial charge in [-0.1, -0.05) is 0 Å². The van der Waals surface area contributed by atoms with E-state index in [1.54, 1.807) is 0 Å². The fourth-order valence-electron chi connectivity index (χ4n) is 0.854. The van der Waals surface area contributed by atoms with Gasteiger partial charge in [0.1, 0.15) is 15.9 Å². The van der Waals surface area contributed by atoms with Gasteiger partial charge in [-0.25, -0.2) is 8.42 Å².